The molecule has 2 aromatic rings. The van der Waals surface area contributed by atoms with Crippen LogP contribution >= 0.6 is 0 Å². The SMILES string of the molecule is CCOC(=O)CCn1c2c(c3ccccc31)C[C@H](N)CC2. The third kappa shape index (κ3) is 2.68. The molecule has 0 radical (unpaired) electrons. The molecule has 21 heavy (non-hydrogen) atoms. The van der Waals surface area contributed by atoms with Crippen LogP contribution in [-0.2, 0) is 28.9 Å². The summed E-state index contributed by atoms with van der Waals surface area (Å²) in [5, 5.41) is 1.28. The molecule has 0 saturated carbocycles. The van der Waals surface area contributed by atoms with Crippen LogP contribution in [0.2, 0.25) is 0 Å². The van der Waals surface area contributed by atoms with E-state index in [4.69, 9.17) is 10.5 Å². The van der Waals surface area contributed by atoms with E-state index in [0.717, 1.165) is 19.3 Å². The number of hydrogen-bond acceptors (Lipinski definition) is 3. The van der Waals surface area contributed by atoms with Gasteiger partial charge in [0.2, 0.25) is 0 Å². The Morgan fingerprint density at radius 2 is 2.24 bits per heavy atom. The van der Waals surface area contributed by atoms with E-state index in [9.17, 15) is 4.79 Å². The first-order valence-electron chi connectivity index (χ1n) is 7.71. The molecule has 3 rings (SSSR count). The number of nitrogens with zero attached hydrogens (tertiary/aromatic N) is 1. The molecule has 1 heterocycles. The van der Waals surface area contributed by atoms with Crippen molar-refractivity contribution in [2.24, 2.45) is 5.73 Å². The molecule has 1 atom stereocenters. The number of carbonyl (C=O) groups is 1. The fourth-order valence-corrected chi connectivity index (χ4v) is 3.32. The van der Waals surface area contributed by atoms with Gasteiger partial charge in [0.05, 0.1) is 13.0 Å². The Morgan fingerprint density at radius 1 is 1.43 bits per heavy atom. The average molecular weight is 286 g/mol. The summed E-state index contributed by atoms with van der Waals surface area (Å²) in [7, 11) is 0. The maximum atomic E-state index is 11.6. The van der Waals surface area contributed by atoms with Gasteiger partial charge < -0.3 is 15.0 Å². The van der Waals surface area contributed by atoms with Crippen molar-refractivity contribution < 1.29 is 9.53 Å². The summed E-state index contributed by atoms with van der Waals surface area (Å²) in [5.41, 5.74) is 10.1. The number of aryl methyl sites for hydroxylation is 1. The van der Waals surface area contributed by atoms with Crippen LogP contribution < -0.4 is 5.73 Å². The number of rotatable bonds is 4. The highest BCUT2D eigenvalue weighted by atomic mass is 16.5. The van der Waals surface area contributed by atoms with Gasteiger partial charge >= 0.3 is 5.97 Å². The second-order valence-electron chi connectivity index (χ2n) is 5.65. The van der Waals surface area contributed by atoms with E-state index in [-0.39, 0.29) is 12.0 Å². The summed E-state index contributed by atoms with van der Waals surface area (Å²) >= 11 is 0. The van der Waals surface area contributed by atoms with Crippen LogP contribution in [0.4, 0.5) is 0 Å². The molecule has 0 bridgehead atoms. The van der Waals surface area contributed by atoms with Gasteiger partial charge in [0.15, 0.2) is 0 Å². The van der Waals surface area contributed by atoms with Crippen molar-refractivity contribution >= 4 is 16.9 Å². The number of nitrogens with two attached hydrogens (primary N) is 1. The molecule has 0 amide bonds. The average Bonchev–Trinajstić information content (AvgIpc) is 2.79. The third-order valence-electron chi connectivity index (χ3n) is 4.26. The molecule has 2 N–H and O–H groups in total. The lowest BCUT2D eigenvalue weighted by Gasteiger charge is -2.20. The van der Waals surface area contributed by atoms with Gasteiger partial charge in [-0.05, 0) is 37.8 Å². The van der Waals surface area contributed by atoms with Gasteiger partial charge in [-0.3, -0.25) is 4.79 Å². The Labute approximate surface area is 124 Å². The number of aromatic nitrogens is 1. The van der Waals surface area contributed by atoms with Gasteiger partial charge in [-0.15, -0.1) is 0 Å². The highest BCUT2D eigenvalue weighted by Gasteiger charge is 2.23. The molecule has 0 fully saturated rings. The topological polar surface area (TPSA) is 57.2 Å². The van der Waals surface area contributed by atoms with Crippen LogP contribution in [0.5, 0.6) is 0 Å². The zero-order valence-corrected chi connectivity index (χ0v) is 12.5. The normalized spacial score (nSPS) is 17.7. The molecule has 112 valence electrons. The van der Waals surface area contributed by atoms with Crippen molar-refractivity contribution in [2.75, 3.05) is 6.61 Å². The monoisotopic (exact) mass is 286 g/mol. The van der Waals surface area contributed by atoms with E-state index in [1.54, 1.807) is 0 Å². The summed E-state index contributed by atoms with van der Waals surface area (Å²) in [6.07, 6.45) is 3.37. The summed E-state index contributed by atoms with van der Waals surface area (Å²) in [5.74, 6) is -0.128. The Morgan fingerprint density at radius 3 is 3.05 bits per heavy atom. The van der Waals surface area contributed by atoms with Crippen LogP contribution in [0, 0.1) is 0 Å². The lowest BCUT2D eigenvalue weighted by molar-refractivity contribution is -0.143. The highest BCUT2D eigenvalue weighted by Crippen LogP contribution is 2.32. The maximum Gasteiger partial charge on any atom is 0.307 e. The predicted molar refractivity (Wildman–Crippen MR) is 83.2 cm³/mol. The highest BCUT2D eigenvalue weighted by molar-refractivity contribution is 5.86. The smallest absolute Gasteiger partial charge is 0.307 e. The molecule has 4 heteroatoms. The Kier molecular flexibility index (Phi) is 3.97. The Balaban J connectivity index is 1.96. The van der Waals surface area contributed by atoms with Gasteiger partial charge in [-0.25, -0.2) is 0 Å². The molecule has 1 aromatic carbocycles. The fourth-order valence-electron chi connectivity index (χ4n) is 3.32. The minimum absolute atomic E-state index is 0.128. The fraction of sp³-hybridized carbons (Fsp3) is 0.471. The van der Waals surface area contributed by atoms with E-state index in [1.807, 2.05) is 6.92 Å². The van der Waals surface area contributed by atoms with Crippen LogP contribution in [0.3, 0.4) is 0 Å². The molecule has 0 unspecified atom stereocenters. The largest absolute Gasteiger partial charge is 0.466 e. The summed E-state index contributed by atoms with van der Waals surface area (Å²) in [4.78, 5) is 11.6. The number of hydrogen-bond donors (Lipinski definition) is 1. The molecule has 0 spiro atoms. The molecule has 1 aliphatic rings. The van der Waals surface area contributed by atoms with Crippen molar-refractivity contribution in [3.63, 3.8) is 0 Å². The zero-order chi connectivity index (χ0) is 14.8. The molecule has 1 aromatic heterocycles. The molecule has 0 aliphatic heterocycles. The van der Waals surface area contributed by atoms with E-state index in [1.165, 1.54) is 22.2 Å². The zero-order valence-electron chi connectivity index (χ0n) is 12.5. The number of para-hydroxylation sites is 1. The van der Waals surface area contributed by atoms with Gasteiger partial charge in [-0.2, -0.15) is 0 Å². The summed E-state index contributed by atoms with van der Waals surface area (Å²) < 4.78 is 7.33. The molecule has 0 saturated heterocycles. The second-order valence-corrected chi connectivity index (χ2v) is 5.65. The number of fused-ring (bicyclic) bond motifs is 3. The van der Waals surface area contributed by atoms with Crippen LogP contribution in [0.25, 0.3) is 10.9 Å². The van der Waals surface area contributed by atoms with Crippen molar-refractivity contribution in [1.82, 2.24) is 4.57 Å². The van der Waals surface area contributed by atoms with Crippen molar-refractivity contribution in [3.8, 4) is 0 Å². The van der Waals surface area contributed by atoms with Crippen LogP contribution in [0.1, 0.15) is 31.0 Å². The molecule has 1 aliphatic carbocycles. The Hall–Kier alpha value is -1.81. The lowest BCUT2D eigenvalue weighted by atomic mass is 9.92. The van der Waals surface area contributed by atoms with Crippen LogP contribution in [0.15, 0.2) is 24.3 Å². The summed E-state index contributed by atoms with van der Waals surface area (Å²) in [6.45, 7) is 2.97. The van der Waals surface area contributed by atoms with Crippen LogP contribution in [-0.4, -0.2) is 23.2 Å². The van der Waals surface area contributed by atoms with E-state index < -0.39 is 0 Å². The molecule has 4 nitrogen and oxygen atoms in total. The second kappa shape index (κ2) is 5.90. The number of ether oxygens (including phenoxy) is 1. The van der Waals surface area contributed by atoms with Gasteiger partial charge in [-0.1, -0.05) is 18.2 Å². The predicted octanol–water partition coefficient (Wildman–Crippen LogP) is 2.41. The number of esters is 1. The van der Waals surface area contributed by atoms with Crippen molar-refractivity contribution in [2.45, 2.75) is 45.2 Å². The first kappa shape index (κ1) is 14.1. The first-order valence-corrected chi connectivity index (χ1v) is 7.71. The number of benzene rings is 1. The quantitative estimate of drug-likeness (QED) is 0.878. The van der Waals surface area contributed by atoms with Gasteiger partial charge in [0.1, 0.15) is 0 Å². The minimum atomic E-state index is -0.128. The van der Waals surface area contributed by atoms with Gasteiger partial charge in [0.25, 0.3) is 0 Å². The number of carbonyl (C=O) groups excluding carboxylic acids is 1. The first-order chi connectivity index (χ1) is 10.2. The minimum Gasteiger partial charge on any atom is -0.466 e. The van der Waals surface area contributed by atoms with E-state index in [2.05, 4.69) is 28.8 Å². The van der Waals surface area contributed by atoms with Crippen molar-refractivity contribution in [3.05, 3.63) is 35.5 Å². The standard InChI is InChI=1S/C17H22N2O2/c1-2-21-17(20)9-10-19-15-6-4-3-5-13(15)14-11-12(18)7-8-16(14)19/h3-6,12H,2,7-11,18H2,1H3/t12-/m1/s1. The third-order valence-corrected chi connectivity index (χ3v) is 4.26. The maximum absolute atomic E-state index is 11.6. The lowest BCUT2D eigenvalue weighted by Crippen LogP contribution is -2.28. The van der Waals surface area contributed by atoms with Gasteiger partial charge in [0, 0.05) is 29.2 Å². The Bertz CT molecular complexity index is 660. The van der Waals surface area contributed by atoms with E-state index >= 15 is 0 Å². The molecular weight excluding hydrogens is 264 g/mol. The summed E-state index contributed by atoms with van der Waals surface area (Å²) in [6, 6.07) is 8.66. The molecular formula is C17H22N2O2. The van der Waals surface area contributed by atoms with Crippen molar-refractivity contribution in [1.29, 1.82) is 0 Å². The van der Waals surface area contributed by atoms with E-state index in [0.29, 0.717) is 19.6 Å².